The fraction of sp³-hybridized carbons (Fsp3) is 0.370. The standard InChI is InChI=1S/C27H30N2O8/c1-36-27(35)18-8-7-9-20(16-18)29-17-22(30)24(26(29)34)25(33)28-19-11-13-21(14-12-19)37-15-6-4-2-3-5-10-23(31)32/h7-9,11-14,16,24H,2-6,10,15,17H2,1H3,(H,28,33)(H,31,32). The largest absolute Gasteiger partial charge is 0.494 e. The molecule has 2 aromatic rings. The number of nitrogens with zero attached hydrogens (tertiary/aromatic N) is 1. The molecule has 1 aliphatic heterocycles. The average Bonchev–Trinajstić information content (AvgIpc) is 3.19. The topological polar surface area (TPSA) is 139 Å². The Morgan fingerprint density at radius 1 is 1.00 bits per heavy atom. The van der Waals surface area contributed by atoms with Crippen molar-refractivity contribution in [2.75, 3.05) is 30.5 Å². The van der Waals surface area contributed by atoms with E-state index in [0.29, 0.717) is 30.2 Å². The molecule has 1 fully saturated rings. The number of carboxylic acids is 1. The van der Waals surface area contributed by atoms with E-state index in [9.17, 15) is 24.0 Å². The number of esters is 1. The number of carboxylic acid groups (broad SMARTS) is 1. The molecule has 0 aromatic heterocycles. The van der Waals surface area contributed by atoms with Crippen LogP contribution in [0.15, 0.2) is 48.5 Å². The van der Waals surface area contributed by atoms with Crippen molar-refractivity contribution >= 4 is 40.9 Å². The van der Waals surface area contributed by atoms with Gasteiger partial charge in [0.1, 0.15) is 5.75 Å². The molecular formula is C27H30N2O8. The lowest BCUT2D eigenvalue weighted by atomic mass is 10.1. The number of hydrogen-bond acceptors (Lipinski definition) is 7. The zero-order valence-electron chi connectivity index (χ0n) is 20.6. The minimum absolute atomic E-state index is 0.200. The molecular weight excluding hydrogens is 480 g/mol. The van der Waals surface area contributed by atoms with Gasteiger partial charge < -0.3 is 24.8 Å². The van der Waals surface area contributed by atoms with Crippen molar-refractivity contribution in [1.29, 1.82) is 0 Å². The Morgan fingerprint density at radius 3 is 2.41 bits per heavy atom. The quantitative estimate of drug-likeness (QED) is 0.237. The van der Waals surface area contributed by atoms with E-state index in [1.165, 1.54) is 24.1 Å². The van der Waals surface area contributed by atoms with Gasteiger partial charge in [-0.1, -0.05) is 25.3 Å². The van der Waals surface area contributed by atoms with Crippen molar-refractivity contribution in [3.05, 3.63) is 54.1 Å². The summed E-state index contributed by atoms with van der Waals surface area (Å²) in [5.41, 5.74) is 0.979. The number of carbonyl (C=O) groups excluding carboxylic acids is 4. The van der Waals surface area contributed by atoms with Crippen LogP contribution in [0, 0.1) is 5.92 Å². The van der Waals surface area contributed by atoms with Crippen LogP contribution in [0.5, 0.6) is 5.75 Å². The third-order valence-corrected chi connectivity index (χ3v) is 5.92. The molecule has 3 rings (SSSR count). The Labute approximate surface area is 214 Å². The summed E-state index contributed by atoms with van der Waals surface area (Å²) >= 11 is 0. The fourth-order valence-electron chi connectivity index (χ4n) is 3.96. The molecule has 1 aliphatic rings. The Balaban J connectivity index is 1.48. The predicted molar refractivity (Wildman–Crippen MR) is 135 cm³/mol. The first-order valence-electron chi connectivity index (χ1n) is 12.1. The van der Waals surface area contributed by atoms with Gasteiger partial charge in [0, 0.05) is 17.8 Å². The van der Waals surface area contributed by atoms with E-state index in [0.717, 1.165) is 25.7 Å². The highest BCUT2D eigenvalue weighted by molar-refractivity contribution is 6.30. The van der Waals surface area contributed by atoms with Gasteiger partial charge in [-0.2, -0.15) is 0 Å². The normalized spacial score (nSPS) is 14.9. The molecule has 1 heterocycles. The fourth-order valence-corrected chi connectivity index (χ4v) is 3.96. The summed E-state index contributed by atoms with van der Waals surface area (Å²) in [6.45, 7) is 0.247. The SMILES string of the molecule is COC(=O)c1cccc(N2CC(=O)C(C(=O)Nc3ccc(OCCCCCCCC(=O)O)cc3)C2=O)c1. The van der Waals surface area contributed by atoms with E-state index in [4.69, 9.17) is 9.84 Å². The molecule has 2 N–H and O–H groups in total. The molecule has 0 bridgehead atoms. The summed E-state index contributed by atoms with van der Waals surface area (Å²) < 4.78 is 10.4. The van der Waals surface area contributed by atoms with E-state index in [1.807, 2.05) is 0 Å². The first-order chi connectivity index (χ1) is 17.8. The van der Waals surface area contributed by atoms with E-state index in [2.05, 4.69) is 10.1 Å². The zero-order chi connectivity index (χ0) is 26.8. The maximum Gasteiger partial charge on any atom is 0.337 e. The van der Waals surface area contributed by atoms with Gasteiger partial charge in [0.15, 0.2) is 11.7 Å². The lowest BCUT2D eigenvalue weighted by Crippen LogP contribution is -2.34. The van der Waals surface area contributed by atoms with Gasteiger partial charge in [0.25, 0.3) is 0 Å². The molecule has 0 aliphatic carbocycles. The summed E-state index contributed by atoms with van der Waals surface area (Å²) in [4.78, 5) is 61.6. The third kappa shape index (κ3) is 7.63. The predicted octanol–water partition coefficient (Wildman–Crippen LogP) is 3.45. The molecule has 196 valence electrons. The van der Waals surface area contributed by atoms with Crippen molar-refractivity contribution in [1.82, 2.24) is 0 Å². The van der Waals surface area contributed by atoms with E-state index < -0.39 is 35.5 Å². The summed E-state index contributed by atoms with van der Waals surface area (Å²) in [7, 11) is 1.24. The molecule has 1 saturated heterocycles. The molecule has 10 nitrogen and oxygen atoms in total. The van der Waals surface area contributed by atoms with Crippen molar-refractivity contribution in [2.45, 2.75) is 38.5 Å². The zero-order valence-corrected chi connectivity index (χ0v) is 20.6. The van der Waals surface area contributed by atoms with Gasteiger partial charge in [0.05, 0.1) is 25.8 Å². The Hall–Kier alpha value is -4.21. The molecule has 10 heteroatoms. The summed E-state index contributed by atoms with van der Waals surface area (Å²) in [6.07, 6.45) is 4.50. The van der Waals surface area contributed by atoms with Gasteiger partial charge in [0.2, 0.25) is 11.8 Å². The van der Waals surface area contributed by atoms with Crippen molar-refractivity contribution in [3.8, 4) is 5.75 Å². The Bertz CT molecular complexity index is 1150. The number of anilines is 2. The average molecular weight is 511 g/mol. The first-order valence-corrected chi connectivity index (χ1v) is 12.1. The Kier molecular flexibility index (Phi) is 9.76. The number of unbranched alkanes of at least 4 members (excludes halogenated alkanes) is 4. The van der Waals surface area contributed by atoms with Crippen molar-refractivity contribution in [3.63, 3.8) is 0 Å². The number of aliphatic carboxylic acids is 1. The number of methoxy groups -OCH3 is 1. The van der Waals surface area contributed by atoms with E-state index >= 15 is 0 Å². The number of rotatable bonds is 13. The molecule has 1 atom stereocenters. The molecule has 0 spiro atoms. The molecule has 2 amide bonds. The van der Waals surface area contributed by atoms with Gasteiger partial charge >= 0.3 is 11.9 Å². The maximum absolute atomic E-state index is 12.9. The number of benzene rings is 2. The second-order valence-electron chi connectivity index (χ2n) is 8.64. The number of carbonyl (C=O) groups is 5. The van der Waals surface area contributed by atoms with Gasteiger partial charge in [-0.3, -0.25) is 19.2 Å². The van der Waals surface area contributed by atoms with Crippen LogP contribution >= 0.6 is 0 Å². The highest BCUT2D eigenvalue weighted by Gasteiger charge is 2.44. The maximum atomic E-state index is 12.9. The number of Topliss-reactive ketones (excluding diaryl/α,β-unsaturated/α-hetero) is 1. The number of nitrogens with one attached hydrogen (secondary N) is 1. The summed E-state index contributed by atoms with van der Waals surface area (Å²) in [6, 6.07) is 12.7. The number of ketones is 1. The molecule has 1 unspecified atom stereocenters. The number of hydrogen-bond donors (Lipinski definition) is 2. The lowest BCUT2D eigenvalue weighted by molar-refractivity contribution is -0.137. The minimum Gasteiger partial charge on any atom is -0.494 e. The third-order valence-electron chi connectivity index (χ3n) is 5.92. The van der Waals surface area contributed by atoms with E-state index in [1.54, 1.807) is 36.4 Å². The van der Waals surface area contributed by atoms with Gasteiger partial charge in [-0.25, -0.2) is 4.79 Å². The smallest absolute Gasteiger partial charge is 0.337 e. The first kappa shape index (κ1) is 27.4. The molecule has 0 saturated carbocycles. The Morgan fingerprint density at radius 2 is 1.70 bits per heavy atom. The van der Waals surface area contributed by atoms with E-state index in [-0.39, 0.29) is 18.5 Å². The lowest BCUT2D eigenvalue weighted by Gasteiger charge is -2.16. The number of amides is 2. The summed E-state index contributed by atoms with van der Waals surface area (Å²) in [5, 5.41) is 11.2. The van der Waals surface area contributed by atoms with Crippen LogP contribution in [0.25, 0.3) is 0 Å². The van der Waals surface area contributed by atoms with Gasteiger partial charge in [-0.15, -0.1) is 0 Å². The van der Waals surface area contributed by atoms with Crippen LogP contribution in [-0.4, -0.2) is 54.9 Å². The number of ether oxygens (including phenoxy) is 2. The highest BCUT2D eigenvalue weighted by Crippen LogP contribution is 2.26. The van der Waals surface area contributed by atoms with Crippen LogP contribution in [0.2, 0.25) is 0 Å². The van der Waals surface area contributed by atoms with Crippen LogP contribution < -0.4 is 15.0 Å². The van der Waals surface area contributed by atoms with Crippen molar-refractivity contribution < 1.29 is 38.6 Å². The molecule has 0 radical (unpaired) electrons. The van der Waals surface area contributed by atoms with Crippen LogP contribution in [0.4, 0.5) is 11.4 Å². The highest BCUT2D eigenvalue weighted by atomic mass is 16.5. The monoisotopic (exact) mass is 510 g/mol. The van der Waals surface area contributed by atoms with Crippen LogP contribution in [0.1, 0.15) is 48.9 Å². The second kappa shape index (κ2) is 13.2. The van der Waals surface area contributed by atoms with Crippen LogP contribution in [0.3, 0.4) is 0 Å². The molecule has 2 aromatic carbocycles. The van der Waals surface area contributed by atoms with Gasteiger partial charge in [-0.05, 0) is 55.3 Å². The second-order valence-corrected chi connectivity index (χ2v) is 8.64. The van der Waals surface area contributed by atoms with Crippen LogP contribution in [-0.2, 0) is 23.9 Å². The minimum atomic E-state index is -1.48. The van der Waals surface area contributed by atoms with Crippen molar-refractivity contribution in [2.24, 2.45) is 5.92 Å². The molecule has 37 heavy (non-hydrogen) atoms. The summed E-state index contributed by atoms with van der Waals surface area (Å²) in [5.74, 6) is -4.12.